The first-order valence-electron chi connectivity index (χ1n) is 12.0. The number of carbonyl (C=O) groups excluding carboxylic acids is 2. The van der Waals surface area contributed by atoms with E-state index in [0.717, 1.165) is 0 Å². The molecular weight excluding hydrogens is 669 g/mol. The number of amides is 4. The third kappa shape index (κ3) is 8.25. The van der Waals surface area contributed by atoms with Gasteiger partial charge in [0, 0.05) is 35.9 Å². The van der Waals surface area contributed by atoms with Gasteiger partial charge in [-0.05, 0) is 62.4 Å². The van der Waals surface area contributed by atoms with Crippen LogP contribution >= 0.6 is 69.6 Å². The number of nitrogens with one attached hydrogen (secondary N) is 2. The first-order valence-corrected chi connectivity index (χ1v) is 14.3. The van der Waals surface area contributed by atoms with E-state index in [2.05, 4.69) is 30.6 Å². The number of benzene rings is 2. The molecule has 0 bridgehead atoms. The number of urea groups is 2. The van der Waals surface area contributed by atoms with Crippen molar-refractivity contribution < 1.29 is 9.59 Å². The van der Waals surface area contributed by atoms with Crippen molar-refractivity contribution in [3.63, 3.8) is 0 Å². The molecule has 2 N–H and O–H groups in total. The van der Waals surface area contributed by atoms with Crippen molar-refractivity contribution >= 4 is 105 Å². The standard InChI is InChI=1S/C14H11Cl3N4O.C12H9Cl3N4O/c1-8-6-12(17)19-13(18-8)21-5-4-20(14(21)22)9-2-3-10(15)11(16)7-9;1-6-4-10(15)18-11(16-6)19-12(20)17-7-2-3-8(13)9(14)5-7/h2-3,6-7H,4-5H2,1H3;2-5H,1H3,(H2,16,17,18,19,20). The maximum Gasteiger partial charge on any atom is 0.331 e. The molecule has 4 aromatic rings. The number of anilines is 4. The van der Waals surface area contributed by atoms with Crippen molar-refractivity contribution in [3.8, 4) is 0 Å². The van der Waals surface area contributed by atoms with Crippen LogP contribution in [0.4, 0.5) is 32.9 Å². The molecule has 0 aliphatic carbocycles. The first kappa shape index (κ1) is 31.8. The summed E-state index contributed by atoms with van der Waals surface area (Å²) < 4.78 is 0. The van der Waals surface area contributed by atoms with E-state index >= 15 is 0 Å². The van der Waals surface area contributed by atoms with Crippen LogP contribution in [-0.2, 0) is 0 Å². The third-order valence-corrected chi connectivity index (χ3v) is 7.37. The van der Waals surface area contributed by atoms with Gasteiger partial charge in [0.1, 0.15) is 10.3 Å². The molecule has 16 heteroatoms. The molecular formula is C26H20Cl6N8O2. The molecule has 1 fully saturated rings. The molecule has 0 saturated carbocycles. The quantitative estimate of drug-likeness (QED) is 0.208. The van der Waals surface area contributed by atoms with E-state index in [1.807, 2.05) is 0 Å². The highest BCUT2D eigenvalue weighted by molar-refractivity contribution is 6.42. The van der Waals surface area contributed by atoms with E-state index in [1.165, 1.54) is 11.0 Å². The van der Waals surface area contributed by atoms with Crippen molar-refractivity contribution in [2.75, 3.05) is 33.5 Å². The summed E-state index contributed by atoms with van der Waals surface area (Å²) in [6, 6.07) is 12.3. The lowest BCUT2D eigenvalue weighted by atomic mass is 10.3. The normalized spacial score (nSPS) is 12.6. The number of rotatable bonds is 4. The summed E-state index contributed by atoms with van der Waals surface area (Å²) in [7, 11) is 0. The number of hydrogen-bond donors (Lipinski definition) is 2. The van der Waals surface area contributed by atoms with Gasteiger partial charge < -0.3 is 5.32 Å². The molecule has 3 heterocycles. The fraction of sp³-hybridized carbons (Fsp3) is 0.154. The molecule has 2 aromatic heterocycles. The maximum absolute atomic E-state index is 12.6. The Labute approximate surface area is 270 Å². The first-order chi connectivity index (χ1) is 19.9. The zero-order valence-electron chi connectivity index (χ0n) is 21.8. The van der Waals surface area contributed by atoms with Crippen LogP contribution in [0, 0.1) is 13.8 Å². The average molecular weight is 689 g/mol. The largest absolute Gasteiger partial charge is 0.331 e. The van der Waals surface area contributed by atoms with Crippen LogP contribution in [0.5, 0.6) is 0 Å². The predicted molar refractivity (Wildman–Crippen MR) is 169 cm³/mol. The SMILES string of the molecule is Cc1cc(Cl)nc(N2CCN(c3ccc(Cl)c(Cl)c3)C2=O)n1.Cc1cc(Cl)nc(NC(=O)Nc2ccc(Cl)c(Cl)c2)n1. The minimum Gasteiger partial charge on any atom is -0.308 e. The van der Waals surface area contributed by atoms with Gasteiger partial charge in [-0.25, -0.2) is 29.5 Å². The van der Waals surface area contributed by atoms with Gasteiger partial charge in [0.15, 0.2) is 0 Å². The van der Waals surface area contributed by atoms with Crippen LogP contribution in [0.2, 0.25) is 30.4 Å². The van der Waals surface area contributed by atoms with Crippen LogP contribution in [0.1, 0.15) is 11.4 Å². The smallest absolute Gasteiger partial charge is 0.308 e. The Morgan fingerprint density at radius 3 is 1.90 bits per heavy atom. The van der Waals surface area contributed by atoms with E-state index in [0.29, 0.717) is 67.0 Å². The number of aromatic nitrogens is 4. The lowest BCUT2D eigenvalue weighted by Crippen LogP contribution is -2.32. The van der Waals surface area contributed by atoms with Crippen molar-refractivity contribution in [1.82, 2.24) is 19.9 Å². The van der Waals surface area contributed by atoms with Crippen LogP contribution < -0.4 is 20.4 Å². The fourth-order valence-corrected chi connectivity index (χ4v) is 4.74. The second-order valence-corrected chi connectivity index (χ2v) is 11.1. The minimum atomic E-state index is -0.509. The summed E-state index contributed by atoms with van der Waals surface area (Å²) in [6.07, 6.45) is 0. The van der Waals surface area contributed by atoms with Crippen LogP contribution in [0.3, 0.4) is 0 Å². The lowest BCUT2D eigenvalue weighted by molar-refractivity contribution is 0.255. The second-order valence-electron chi connectivity index (χ2n) is 8.68. The minimum absolute atomic E-state index is 0.118. The summed E-state index contributed by atoms with van der Waals surface area (Å²) in [6.45, 7) is 4.52. The van der Waals surface area contributed by atoms with E-state index in [9.17, 15) is 9.59 Å². The third-order valence-electron chi connectivity index (χ3n) is 5.50. The Kier molecular flexibility index (Phi) is 10.5. The van der Waals surface area contributed by atoms with Gasteiger partial charge in [0.05, 0.1) is 20.1 Å². The highest BCUT2D eigenvalue weighted by Gasteiger charge is 2.32. The van der Waals surface area contributed by atoms with E-state index < -0.39 is 6.03 Å². The van der Waals surface area contributed by atoms with Crippen molar-refractivity contribution in [2.45, 2.75) is 13.8 Å². The summed E-state index contributed by atoms with van der Waals surface area (Å²) in [5.41, 5.74) is 2.53. The van der Waals surface area contributed by atoms with Gasteiger partial charge in [-0.2, -0.15) is 0 Å². The average Bonchev–Trinajstić information content (AvgIpc) is 3.28. The van der Waals surface area contributed by atoms with E-state index in [1.54, 1.807) is 61.2 Å². The lowest BCUT2D eigenvalue weighted by Gasteiger charge is -2.18. The molecule has 218 valence electrons. The topological polar surface area (TPSA) is 116 Å². The molecule has 2 aromatic carbocycles. The van der Waals surface area contributed by atoms with E-state index in [-0.39, 0.29) is 17.1 Å². The van der Waals surface area contributed by atoms with Gasteiger partial charge >= 0.3 is 12.1 Å². The predicted octanol–water partition coefficient (Wildman–Crippen LogP) is 8.58. The molecule has 4 amide bonds. The van der Waals surface area contributed by atoms with Crippen LogP contribution in [0.15, 0.2) is 48.5 Å². The molecule has 42 heavy (non-hydrogen) atoms. The highest BCUT2D eigenvalue weighted by Crippen LogP contribution is 2.30. The fourth-order valence-electron chi connectivity index (χ4n) is 3.67. The molecule has 0 spiro atoms. The Morgan fingerprint density at radius 1 is 0.690 bits per heavy atom. The number of nitrogens with zero attached hydrogens (tertiary/aromatic N) is 6. The van der Waals surface area contributed by atoms with Gasteiger partial charge in [-0.15, -0.1) is 0 Å². The number of halogens is 6. The molecule has 1 aliphatic heterocycles. The Morgan fingerprint density at radius 2 is 1.29 bits per heavy atom. The van der Waals surface area contributed by atoms with Gasteiger partial charge in [-0.3, -0.25) is 15.1 Å². The molecule has 0 radical (unpaired) electrons. The van der Waals surface area contributed by atoms with Crippen molar-refractivity contribution in [2.24, 2.45) is 0 Å². The Bertz CT molecular complexity index is 1620. The molecule has 1 saturated heterocycles. The molecule has 5 rings (SSSR count). The Hall–Kier alpha value is -3.12. The number of hydrogen-bond acceptors (Lipinski definition) is 6. The van der Waals surface area contributed by atoms with Gasteiger partial charge in [0.2, 0.25) is 11.9 Å². The Balaban J connectivity index is 0.000000194. The summed E-state index contributed by atoms with van der Waals surface area (Å²) in [5, 5.41) is 7.22. The zero-order valence-corrected chi connectivity index (χ0v) is 26.3. The molecule has 10 nitrogen and oxygen atoms in total. The molecule has 1 aliphatic rings. The number of aryl methyl sites for hydroxylation is 2. The molecule has 0 unspecified atom stereocenters. The second kappa shape index (κ2) is 13.9. The van der Waals surface area contributed by atoms with Gasteiger partial charge in [0.25, 0.3) is 0 Å². The summed E-state index contributed by atoms with van der Waals surface area (Å²) in [5.74, 6) is 0.421. The summed E-state index contributed by atoms with van der Waals surface area (Å²) in [4.78, 5) is 43.7. The maximum atomic E-state index is 12.6. The zero-order chi connectivity index (χ0) is 30.6. The van der Waals surface area contributed by atoms with E-state index in [4.69, 9.17) is 69.6 Å². The monoisotopic (exact) mass is 686 g/mol. The van der Waals surface area contributed by atoms with Crippen LogP contribution in [0.25, 0.3) is 0 Å². The summed E-state index contributed by atoms with van der Waals surface area (Å²) >= 11 is 35.3. The molecule has 0 atom stereocenters. The van der Waals surface area contributed by atoms with Crippen LogP contribution in [-0.4, -0.2) is 45.1 Å². The number of carbonyl (C=O) groups is 2. The highest BCUT2D eigenvalue weighted by atomic mass is 35.5. The van der Waals surface area contributed by atoms with Crippen molar-refractivity contribution in [3.05, 3.63) is 90.3 Å². The van der Waals surface area contributed by atoms with Gasteiger partial charge in [-0.1, -0.05) is 69.6 Å². The van der Waals surface area contributed by atoms with Crippen molar-refractivity contribution in [1.29, 1.82) is 0 Å².